The Morgan fingerprint density at radius 1 is 1.03 bits per heavy atom. The van der Waals surface area contributed by atoms with Crippen molar-refractivity contribution in [2.45, 2.75) is 19.9 Å². The van der Waals surface area contributed by atoms with Gasteiger partial charge in [-0.2, -0.15) is 20.1 Å². The molecule has 3 aromatic heterocycles. The maximum absolute atomic E-state index is 6.12. The second-order valence-corrected chi connectivity index (χ2v) is 7.94. The van der Waals surface area contributed by atoms with Crippen LogP contribution in [0.3, 0.4) is 0 Å². The predicted octanol–water partition coefficient (Wildman–Crippen LogP) is 2.19. The number of piperazine rings is 1. The number of nitrogen functional groups attached to an aromatic ring is 1. The highest BCUT2D eigenvalue weighted by atomic mass is 16.5. The van der Waals surface area contributed by atoms with Gasteiger partial charge in [-0.1, -0.05) is 35.0 Å². The first-order valence-corrected chi connectivity index (χ1v) is 10.3. The van der Waals surface area contributed by atoms with Crippen molar-refractivity contribution in [1.29, 1.82) is 0 Å². The molecular formula is C21H25N9O. The van der Waals surface area contributed by atoms with E-state index in [1.54, 1.807) is 10.9 Å². The SMILES string of the molecule is Cc1ccc(-c2noc(C(C)N3CCN(c4nc(N)c5cnn(C)c5n4)CC3)n2)cc1. The number of nitrogens with two attached hydrogens (primary N) is 1. The topological polar surface area (TPSA) is 115 Å². The zero-order valence-corrected chi connectivity index (χ0v) is 17.9. The maximum Gasteiger partial charge on any atom is 0.244 e. The Hall–Kier alpha value is -3.53. The van der Waals surface area contributed by atoms with Gasteiger partial charge in [-0.05, 0) is 13.8 Å². The Bertz CT molecular complexity index is 1210. The van der Waals surface area contributed by atoms with E-state index >= 15 is 0 Å². The zero-order chi connectivity index (χ0) is 21.5. The first kappa shape index (κ1) is 19.4. The van der Waals surface area contributed by atoms with E-state index in [0.717, 1.165) is 42.8 Å². The summed E-state index contributed by atoms with van der Waals surface area (Å²) >= 11 is 0. The molecule has 0 bridgehead atoms. The van der Waals surface area contributed by atoms with Crippen LogP contribution >= 0.6 is 0 Å². The lowest BCUT2D eigenvalue weighted by Crippen LogP contribution is -2.47. The summed E-state index contributed by atoms with van der Waals surface area (Å²) in [6.45, 7) is 7.38. The molecule has 0 amide bonds. The van der Waals surface area contributed by atoms with Crippen molar-refractivity contribution in [3.8, 4) is 11.4 Å². The third-order valence-electron chi connectivity index (χ3n) is 5.86. The molecule has 5 rings (SSSR count). The van der Waals surface area contributed by atoms with Crippen molar-refractivity contribution in [2.24, 2.45) is 7.05 Å². The van der Waals surface area contributed by atoms with E-state index in [1.165, 1.54) is 5.56 Å². The maximum atomic E-state index is 6.12. The number of aromatic nitrogens is 6. The fourth-order valence-electron chi connectivity index (χ4n) is 3.86. The summed E-state index contributed by atoms with van der Waals surface area (Å²) in [6, 6.07) is 8.15. The largest absolute Gasteiger partial charge is 0.383 e. The van der Waals surface area contributed by atoms with Crippen LogP contribution in [0, 0.1) is 6.92 Å². The Morgan fingerprint density at radius 2 is 1.77 bits per heavy atom. The van der Waals surface area contributed by atoms with Gasteiger partial charge in [-0.15, -0.1) is 0 Å². The summed E-state index contributed by atoms with van der Waals surface area (Å²) in [4.78, 5) is 18.3. The number of rotatable bonds is 4. The molecule has 1 aromatic carbocycles. The highest BCUT2D eigenvalue weighted by Crippen LogP contribution is 2.26. The number of hydrogen-bond acceptors (Lipinski definition) is 9. The van der Waals surface area contributed by atoms with Gasteiger partial charge in [-0.3, -0.25) is 9.58 Å². The van der Waals surface area contributed by atoms with Crippen molar-refractivity contribution in [3.05, 3.63) is 41.9 Å². The van der Waals surface area contributed by atoms with Gasteiger partial charge in [0.1, 0.15) is 5.82 Å². The zero-order valence-electron chi connectivity index (χ0n) is 17.9. The average molecular weight is 419 g/mol. The van der Waals surface area contributed by atoms with Gasteiger partial charge in [0.05, 0.1) is 17.6 Å². The molecule has 1 unspecified atom stereocenters. The summed E-state index contributed by atoms with van der Waals surface area (Å²) < 4.78 is 7.30. The monoisotopic (exact) mass is 419 g/mol. The van der Waals surface area contributed by atoms with Crippen LogP contribution in [0.5, 0.6) is 0 Å². The fourth-order valence-corrected chi connectivity index (χ4v) is 3.86. The molecule has 1 atom stereocenters. The molecule has 4 heterocycles. The number of anilines is 2. The Kier molecular flexibility index (Phi) is 4.78. The summed E-state index contributed by atoms with van der Waals surface area (Å²) in [5.74, 6) is 2.34. The van der Waals surface area contributed by atoms with Crippen LogP contribution in [0.4, 0.5) is 11.8 Å². The standard InChI is InChI=1S/C21H25N9O/c1-13-4-6-15(7-5-13)18-25-20(31-27-18)14(2)29-8-10-30(11-9-29)21-24-17(22)16-12-23-28(3)19(16)26-21/h4-7,12,14H,8-11H2,1-3H3,(H2,22,24,26). The highest BCUT2D eigenvalue weighted by Gasteiger charge is 2.27. The van der Waals surface area contributed by atoms with Crippen LogP contribution in [0.15, 0.2) is 35.0 Å². The molecular weight excluding hydrogens is 394 g/mol. The predicted molar refractivity (Wildman–Crippen MR) is 117 cm³/mol. The molecule has 2 N–H and O–H groups in total. The smallest absolute Gasteiger partial charge is 0.244 e. The molecule has 1 fully saturated rings. The summed E-state index contributed by atoms with van der Waals surface area (Å²) in [5.41, 5.74) is 9.02. The third-order valence-corrected chi connectivity index (χ3v) is 5.86. The Labute approximate surface area is 179 Å². The van der Waals surface area contributed by atoms with Gasteiger partial charge < -0.3 is 15.2 Å². The van der Waals surface area contributed by atoms with E-state index in [9.17, 15) is 0 Å². The second-order valence-electron chi connectivity index (χ2n) is 7.94. The van der Waals surface area contributed by atoms with E-state index in [0.29, 0.717) is 23.5 Å². The minimum Gasteiger partial charge on any atom is -0.383 e. The number of aryl methyl sites for hydroxylation is 2. The van der Waals surface area contributed by atoms with E-state index in [4.69, 9.17) is 10.3 Å². The molecule has 1 saturated heterocycles. The van der Waals surface area contributed by atoms with Crippen LogP contribution in [0.25, 0.3) is 22.4 Å². The molecule has 0 aliphatic carbocycles. The van der Waals surface area contributed by atoms with Gasteiger partial charge >= 0.3 is 0 Å². The van der Waals surface area contributed by atoms with Crippen molar-refractivity contribution < 1.29 is 4.52 Å². The van der Waals surface area contributed by atoms with Gasteiger partial charge in [0.2, 0.25) is 17.7 Å². The molecule has 0 saturated carbocycles. The van der Waals surface area contributed by atoms with Crippen LogP contribution < -0.4 is 10.6 Å². The minimum absolute atomic E-state index is 0.0272. The molecule has 160 valence electrons. The average Bonchev–Trinajstić information content (AvgIpc) is 3.42. The van der Waals surface area contributed by atoms with Crippen LogP contribution in [0.2, 0.25) is 0 Å². The van der Waals surface area contributed by atoms with Crippen LogP contribution in [0.1, 0.15) is 24.4 Å². The van der Waals surface area contributed by atoms with E-state index in [-0.39, 0.29) is 6.04 Å². The molecule has 1 aliphatic heterocycles. The molecule has 10 heteroatoms. The fraction of sp³-hybridized carbons (Fsp3) is 0.381. The van der Waals surface area contributed by atoms with Crippen LogP contribution in [-0.4, -0.2) is 61.0 Å². The highest BCUT2D eigenvalue weighted by molar-refractivity contribution is 5.86. The first-order chi connectivity index (χ1) is 15.0. The molecule has 10 nitrogen and oxygen atoms in total. The summed E-state index contributed by atoms with van der Waals surface area (Å²) in [7, 11) is 1.85. The van der Waals surface area contributed by atoms with Crippen molar-refractivity contribution in [2.75, 3.05) is 36.8 Å². The second kappa shape index (κ2) is 7.62. The van der Waals surface area contributed by atoms with Gasteiger partial charge in [0.15, 0.2) is 5.65 Å². The van der Waals surface area contributed by atoms with Crippen molar-refractivity contribution in [3.63, 3.8) is 0 Å². The quantitative estimate of drug-likeness (QED) is 0.531. The minimum atomic E-state index is 0.0272. The van der Waals surface area contributed by atoms with Crippen LogP contribution in [-0.2, 0) is 7.05 Å². The van der Waals surface area contributed by atoms with Gasteiger partial charge in [0, 0.05) is 38.8 Å². The van der Waals surface area contributed by atoms with E-state index in [2.05, 4.69) is 48.9 Å². The molecule has 4 aromatic rings. The number of fused-ring (bicyclic) bond motifs is 1. The number of hydrogen-bond donors (Lipinski definition) is 1. The third kappa shape index (κ3) is 3.59. The van der Waals surface area contributed by atoms with Gasteiger partial charge in [0.25, 0.3) is 0 Å². The summed E-state index contributed by atoms with van der Waals surface area (Å²) in [5, 5.41) is 9.17. The first-order valence-electron chi connectivity index (χ1n) is 10.3. The lowest BCUT2D eigenvalue weighted by atomic mass is 10.1. The lowest BCUT2D eigenvalue weighted by Gasteiger charge is -2.36. The van der Waals surface area contributed by atoms with Crippen molar-refractivity contribution >= 4 is 22.8 Å². The Morgan fingerprint density at radius 3 is 2.52 bits per heavy atom. The molecule has 1 aliphatic rings. The lowest BCUT2D eigenvalue weighted by molar-refractivity contribution is 0.164. The molecule has 31 heavy (non-hydrogen) atoms. The summed E-state index contributed by atoms with van der Waals surface area (Å²) in [6.07, 6.45) is 1.70. The van der Waals surface area contributed by atoms with Gasteiger partial charge in [-0.25, -0.2) is 0 Å². The molecule has 0 radical (unpaired) electrons. The normalized spacial score (nSPS) is 16.2. The van der Waals surface area contributed by atoms with E-state index in [1.807, 2.05) is 31.3 Å². The number of nitrogens with zero attached hydrogens (tertiary/aromatic N) is 8. The molecule has 0 spiro atoms. The van der Waals surface area contributed by atoms with Crippen molar-refractivity contribution in [1.82, 2.24) is 34.8 Å². The van der Waals surface area contributed by atoms with E-state index < -0.39 is 0 Å². The number of benzene rings is 1. The Balaban J connectivity index is 1.27.